The fraction of sp³-hybridized carbons (Fsp3) is 0.174. The van der Waals surface area contributed by atoms with Crippen LogP contribution in [-0.4, -0.2) is 28.4 Å². The number of rotatable bonds is 5. The molecule has 1 aliphatic carbocycles. The molecule has 2 aromatic carbocycles. The fourth-order valence-corrected chi connectivity index (χ4v) is 3.81. The summed E-state index contributed by atoms with van der Waals surface area (Å²) in [4.78, 5) is 39.2. The van der Waals surface area contributed by atoms with Crippen LogP contribution in [0.1, 0.15) is 40.0 Å². The number of allylic oxidation sites excluding steroid dienone is 1. The monoisotopic (exact) mass is 417 g/mol. The maximum atomic E-state index is 12.9. The number of hydrogen-bond donors (Lipinski definition) is 1. The first-order chi connectivity index (χ1) is 14.9. The molecule has 2 N–H and O–H groups in total. The van der Waals surface area contributed by atoms with E-state index in [4.69, 9.17) is 15.5 Å². The van der Waals surface area contributed by atoms with Crippen molar-refractivity contribution in [1.29, 1.82) is 0 Å². The van der Waals surface area contributed by atoms with Crippen molar-refractivity contribution in [3.8, 4) is 0 Å². The van der Waals surface area contributed by atoms with Gasteiger partial charge in [0.25, 0.3) is 11.6 Å². The SMILES string of the molecule is NC(=O)COC(=O)c1c2c(nc3ccccc13)/C(=C/c1ccc([N+](=O)[O-])cc1)CCC2. The standard InChI is InChI=1S/C23H19N3O5/c24-20(27)13-31-23(28)21-17-5-1-2-7-19(17)25-22-15(4-3-6-18(21)22)12-14-8-10-16(11-9-14)26(29)30/h1-2,5,7-12H,3-4,6,13H2,(H2,24,27)/b15-12+. The number of nitrogens with zero attached hydrogens (tertiary/aromatic N) is 2. The lowest BCUT2D eigenvalue weighted by Crippen LogP contribution is -2.22. The Bertz CT molecular complexity index is 1230. The van der Waals surface area contributed by atoms with Crippen LogP contribution < -0.4 is 5.73 Å². The van der Waals surface area contributed by atoms with Crippen molar-refractivity contribution in [1.82, 2.24) is 4.98 Å². The van der Waals surface area contributed by atoms with Crippen LogP contribution in [0.4, 0.5) is 5.69 Å². The van der Waals surface area contributed by atoms with Crippen molar-refractivity contribution in [3.05, 3.63) is 81.0 Å². The van der Waals surface area contributed by atoms with Crippen LogP contribution in [0.25, 0.3) is 22.6 Å². The van der Waals surface area contributed by atoms with E-state index in [2.05, 4.69) is 0 Å². The number of fused-ring (bicyclic) bond motifs is 2. The van der Waals surface area contributed by atoms with Crippen LogP contribution in [0.15, 0.2) is 48.5 Å². The third-order valence-corrected chi connectivity index (χ3v) is 5.16. The number of benzene rings is 2. The van der Waals surface area contributed by atoms with Gasteiger partial charge in [0, 0.05) is 17.5 Å². The number of aromatic nitrogens is 1. The normalized spacial score (nSPS) is 14.3. The van der Waals surface area contributed by atoms with E-state index in [0.29, 0.717) is 28.6 Å². The highest BCUT2D eigenvalue weighted by atomic mass is 16.6. The van der Waals surface area contributed by atoms with Crippen LogP contribution in [0.2, 0.25) is 0 Å². The summed E-state index contributed by atoms with van der Waals surface area (Å²) in [6.07, 6.45) is 4.14. The van der Waals surface area contributed by atoms with Crippen LogP contribution in [0, 0.1) is 10.1 Å². The van der Waals surface area contributed by atoms with Crippen LogP contribution >= 0.6 is 0 Å². The molecule has 4 rings (SSSR count). The van der Waals surface area contributed by atoms with E-state index >= 15 is 0 Å². The molecule has 156 valence electrons. The van der Waals surface area contributed by atoms with E-state index in [-0.39, 0.29) is 5.69 Å². The number of nitro groups is 1. The molecule has 0 saturated heterocycles. The molecule has 31 heavy (non-hydrogen) atoms. The van der Waals surface area contributed by atoms with Gasteiger partial charge >= 0.3 is 5.97 Å². The number of ether oxygens (including phenoxy) is 1. The first-order valence-electron chi connectivity index (χ1n) is 9.76. The molecule has 1 aromatic heterocycles. The molecule has 8 nitrogen and oxygen atoms in total. The highest BCUT2D eigenvalue weighted by Crippen LogP contribution is 2.36. The van der Waals surface area contributed by atoms with Gasteiger partial charge in [-0.05, 0) is 60.2 Å². The van der Waals surface area contributed by atoms with Crippen molar-refractivity contribution in [2.24, 2.45) is 5.73 Å². The number of esters is 1. The van der Waals surface area contributed by atoms with Gasteiger partial charge in [-0.15, -0.1) is 0 Å². The van der Waals surface area contributed by atoms with E-state index in [1.807, 2.05) is 24.3 Å². The third-order valence-electron chi connectivity index (χ3n) is 5.16. The summed E-state index contributed by atoms with van der Waals surface area (Å²) in [5.41, 5.74) is 9.41. The van der Waals surface area contributed by atoms with Crippen molar-refractivity contribution in [2.75, 3.05) is 6.61 Å². The highest BCUT2D eigenvalue weighted by Gasteiger charge is 2.26. The molecule has 1 amide bonds. The Morgan fingerprint density at radius 3 is 2.58 bits per heavy atom. The molecule has 0 aliphatic heterocycles. The number of amides is 1. The van der Waals surface area contributed by atoms with E-state index in [9.17, 15) is 19.7 Å². The number of nitrogens with two attached hydrogens (primary N) is 1. The molecule has 0 fully saturated rings. The Labute approximate surface area is 177 Å². The Balaban J connectivity index is 1.83. The van der Waals surface area contributed by atoms with Gasteiger partial charge in [0.15, 0.2) is 6.61 Å². The van der Waals surface area contributed by atoms with Crippen molar-refractivity contribution < 1.29 is 19.2 Å². The second-order valence-corrected chi connectivity index (χ2v) is 7.25. The number of carbonyl (C=O) groups is 2. The second-order valence-electron chi connectivity index (χ2n) is 7.25. The Morgan fingerprint density at radius 2 is 1.87 bits per heavy atom. The molecule has 0 bridgehead atoms. The Morgan fingerprint density at radius 1 is 1.13 bits per heavy atom. The molecule has 0 saturated carbocycles. The maximum absolute atomic E-state index is 12.9. The molecule has 0 unspecified atom stereocenters. The molecule has 3 aromatic rings. The lowest BCUT2D eigenvalue weighted by molar-refractivity contribution is -0.384. The number of pyridine rings is 1. The maximum Gasteiger partial charge on any atom is 0.339 e. The molecule has 1 aliphatic rings. The topological polar surface area (TPSA) is 125 Å². The summed E-state index contributed by atoms with van der Waals surface area (Å²) in [7, 11) is 0. The fourth-order valence-electron chi connectivity index (χ4n) is 3.81. The summed E-state index contributed by atoms with van der Waals surface area (Å²) in [5, 5.41) is 11.6. The summed E-state index contributed by atoms with van der Waals surface area (Å²) in [5.74, 6) is -1.33. The molecule has 1 heterocycles. The van der Waals surface area contributed by atoms with Gasteiger partial charge in [-0.3, -0.25) is 14.9 Å². The molecular weight excluding hydrogens is 398 g/mol. The zero-order valence-corrected chi connectivity index (χ0v) is 16.5. The first kappa shape index (κ1) is 20.2. The lowest BCUT2D eigenvalue weighted by atomic mass is 9.86. The smallest absolute Gasteiger partial charge is 0.339 e. The number of primary amides is 1. The minimum absolute atomic E-state index is 0.0230. The number of hydrogen-bond acceptors (Lipinski definition) is 6. The van der Waals surface area contributed by atoms with Crippen molar-refractivity contribution in [2.45, 2.75) is 19.3 Å². The van der Waals surface area contributed by atoms with Crippen LogP contribution in [0.3, 0.4) is 0 Å². The zero-order valence-electron chi connectivity index (χ0n) is 16.5. The van der Waals surface area contributed by atoms with Crippen molar-refractivity contribution in [3.63, 3.8) is 0 Å². The summed E-state index contributed by atoms with van der Waals surface area (Å²) < 4.78 is 5.13. The number of nitro benzene ring substituents is 1. The molecule has 0 atom stereocenters. The minimum atomic E-state index is -0.723. The molecule has 0 spiro atoms. The van der Waals surface area contributed by atoms with Gasteiger partial charge in [0.1, 0.15) is 0 Å². The van der Waals surface area contributed by atoms with Gasteiger partial charge in [0.05, 0.1) is 21.7 Å². The molecular formula is C23H19N3O5. The highest BCUT2D eigenvalue weighted by molar-refractivity contribution is 6.07. The second kappa shape index (κ2) is 8.35. The third kappa shape index (κ3) is 4.13. The van der Waals surface area contributed by atoms with E-state index in [1.165, 1.54) is 12.1 Å². The molecule has 8 heteroatoms. The quantitative estimate of drug-likeness (QED) is 0.384. The average molecular weight is 417 g/mol. The van der Waals surface area contributed by atoms with Crippen LogP contribution in [-0.2, 0) is 16.0 Å². The number of non-ortho nitro benzene ring substituents is 1. The Kier molecular flexibility index (Phi) is 5.44. The first-order valence-corrected chi connectivity index (χ1v) is 9.76. The van der Waals surface area contributed by atoms with Gasteiger partial charge in [-0.1, -0.05) is 18.2 Å². The predicted octanol–water partition coefficient (Wildman–Crippen LogP) is 3.66. The van der Waals surface area contributed by atoms with Gasteiger partial charge in [0.2, 0.25) is 0 Å². The average Bonchev–Trinajstić information content (AvgIpc) is 2.76. The van der Waals surface area contributed by atoms with E-state index in [0.717, 1.165) is 29.5 Å². The van der Waals surface area contributed by atoms with Crippen molar-refractivity contribution >= 4 is 40.1 Å². The Hall–Kier alpha value is -4.07. The van der Waals surface area contributed by atoms with Crippen LogP contribution in [0.5, 0.6) is 0 Å². The number of para-hydroxylation sites is 1. The largest absolute Gasteiger partial charge is 0.452 e. The van der Waals surface area contributed by atoms with E-state index < -0.39 is 23.4 Å². The summed E-state index contributed by atoms with van der Waals surface area (Å²) in [6.45, 7) is -0.490. The summed E-state index contributed by atoms with van der Waals surface area (Å²) >= 11 is 0. The lowest BCUT2D eigenvalue weighted by Gasteiger charge is -2.22. The van der Waals surface area contributed by atoms with Gasteiger partial charge in [-0.2, -0.15) is 0 Å². The minimum Gasteiger partial charge on any atom is -0.452 e. The van der Waals surface area contributed by atoms with Gasteiger partial charge < -0.3 is 10.5 Å². The zero-order chi connectivity index (χ0) is 22.0. The van der Waals surface area contributed by atoms with Gasteiger partial charge in [-0.25, -0.2) is 9.78 Å². The predicted molar refractivity (Wildman–Crippen MR) is 115 cm³/mol. The number of carbonyl (C=O) groups excluding carboxylic acids is 2. The van der Waals surface area contributed by atoms with E-state index in [1.54, 1.807) is 18.2 Å². The summed E-state index contributed by atoms with van der Waals surface area (Å²) in [6, 6.07) is 13.6. The molecule has 0 radical (unpaired) electrons.